The van der Waals surface area contributed by atoms with Crippen molar-refractivity contribution in [2.24, 2.45) is 5.14 Å². The molecule has 0 aliphatic carbocycles. The number of nitrogens with zero attached hydrogens (tertiary/aromatic N) is 2. The number of aliphatic hydroxyl groups excluding tert-OH is 1. The average Bonchev–Trinajstić information content (AvgIpc) is 2.88. The van der Waals surface area contributed by atoms with E-state index in [2.05, 4.69) is 0 Å². The molecule has 0 radical (unpaired) electrons. The molecule has 2 aliphatic heterocycles. The molecule has 2 amide bonds. The van der Waals surface area contributed by atoms with Crippen molar-refractivity contribution < 1.29 is 18.3 Å². The summed E-state index contributed by atoms with van der Waals surface area (Å²) < 4.78 is 22.8. The number of carbonyl (C=O) groups is 1. The van der Waals surface area contributed by atoms with Gasteiger partial charge in [0.15, 0.2) is 0 Å². The van der Waals surface area contributed by atoms with Gasteiger partial charge in [-0.05, 0) is 43.0 Å². The summed E-state index contributed by atoms with van der Waals surface area (Å²) in [5, 5.41) is 14.8. The first-order valence-corrected chi connectivity index (χ1v) is 8.81. The molecule has 1 aromatic rings. The fourth-order valence-electron chi connectivity index (χ4n) is 3.05. The van der Waals surface area contributed by atoms with Crippen LogP contribution in [0.15, 0.2) is 23.1 Å². The largest absolute Gasteiger partial charge is 0.391 e. The van der Waals surface area contributed by atoms with Gasteiger partial charge in [-0.3, -0.25) is 4.90 Å². The van der Waals surface area contributed by atoms with Crippen molar-refractivity contribution in [3.05, 3.63) is 23.8 Å². The Kier molecular flexibility index (Phi) is 3.84. The number of likely N-dealkylation sites (tertiary alicyclic amines) is 1. The van der Waals surface area contributed by atoms with Gasteiger partial charge in [0.05, 0.1) is 11.0 Å². The minimum Gasteiger partial charge on any atom is -0.391 e. The van der Waals surface area contributed by atoms with E-state index >= 15 is 0 Å². The van der Waals surface area contributed by atoms with Crippen LogP contribution >= 0.6 is 0 Å². The molecule has 1 fully saturated rings. The maximum Gasteiger partial charge on any atom is 0.324 e. The highest BCUT2D eigenvalue weighted by Gasteiger charge is 2.31. The Morgan fingerprint density at radius 3 is 2.77 bits per heavy atom. The van der Waals surface area contributed by atoms with Crippen LogP contribution in [-0.2, 0) is 16.4 Å². The second-order valence-electron chi connectivity index (χ2n) is 5.76. The molecule has 1 saturated heterocycles. The quantitative estimate of drug-likeness (QED) is 0.773. The number of amides is 2. The SMILES string of the molecule is NS(=O)(=O)c1ccc2c(c1)CCN2C(=O)N1CCC[C@H](O)C1. The number of anilines is 1. The van der Waals surface area contributed by atoms with E-state index in [9.17, 15) is 18.3 Å². The number of rotatable bonds is 1. The smallest absolute Gasteiger partial charge is 0.324 e. The molecule has 3 rings (SSSR count). The number of hydrogen-bond donors (Lipinski definition) is 2. The van der Waals surface area contributed by atoms with E-state index in [0.29, 0.717) is 26.1 Å². The summed E-state index contributed by atoms with van der Waals surface area (Å²) in [5.74, 6) is 0. The van der Waals surface area contributed by atoms with Crippen molar-refractivity contribution in [3.8, 4) is 0 Å². The van der Waals surface area contributed by atoms with Crippen LogP contribution in [0.25, 0.3) is 0 Å². The lowest BCUT2D eigenvalue weighted by molar-refractivity contribution is 0.0865. The lowest BCUT2D eigenvalue weighted by atomic mass is 10.1. The van der Waals surface area contributed by atoms with E-state index in [1.165, 1.54) is 12.1 Å². The summed E-state index contributed by atoms with van der Waals surface area (Å²) in [6.45, 7) is 1.49. The van der Waals surface area contributed by atoms with E-state index in [-0.39, 0.29) is 10.9 Å². The van der Waals surface area contributed by atoms with Gasteiger partial charge in [0.1, 0.15) is 0 Å². The Labute approximate surface area is 129 Å². The molecular weight excluding hydrogens is 306 g/mol. The van der Waals surface area contributed by atoms with Crippen molar-refractivity contribution in [3.63, 3.8) is 0 Å². The Bertz CT molecular complexity index is 704. The number of aliphatic hydroxyl groups is 1. The van der Waals surface area contributed by atoms with Gasteiger partial charge in [-0.1, -0.05) is 0 Å². The number of primary sulfonamides is 1. The molecule has 0 bridgehead atoms. The first-order chi connectivity index (χ1) is 10.4. The van der Waals surface area contributed by atoms with Crippen molar-refractivity contribution in [1.29, 1.82) is 0 Å². The number of urea groups is 1. The van der Waals surface area contributed by atoms with Crippen molar-refractivity contribution in [2.75, 3.05) is 24.5 Å². The molecule has 0 unspecified atom stereocenters. The van der Waals surface area contributed by atoms with Crippen molar-refractivity contribution in [1.82, 2.24) is 4.90 Å². The molecule has 0 aromatic heterocycles. The number of hydrogen-bond acceptors (Lipinski definition) is 4. The number of benzene rings is 1. The molecule has 1 atom stereocenters. The summed E-state index contributed by atoms with van der Waals surface area (Å²) in [7, 11) is -3.74. The normalized spacial score (nSPS) is 21.8. The third kappa shape index (κ3) is 2.81. The van der Waals surface area contributed by atoms with Gasteiger partial charge < -0.3 is 10.0 Å². The predicted octanol–water partition coefficient (Wildman–Crippen LogP) is 0.273. The second-order valence-corrected chi connectivity index (χ2v) is 7.32. The summed E-state index contributed by atoms with van der Waals surface area (Å²) in [5.41, 5.74) is 1.52. The van der Waals surface area contributed by atoms with Gasteiger partial charge in [-0.15, -0.1) is 0 Å². The Morgan fingerprint density at radius 1 is 1.32 bits per heavy atom. The van der Waals surface area contributed by atoms with E-state index in [0.717, 1.165) is 24.1 Å². The zero-order valence-corrected chi connectivity index (χ0v) is 12.9. The minimum atomic E-state index is -3.74. The van der Waals surface area contributed by atoms with Crippen LogP contribution < -0.4 is 10.0 Å². The van der Waals surface area contributed by atoms with Crippen LogP contribution in [0.3, 0.4) is 0 Å². The fourth-order valence-corrected chi connectivity index (χ4v) is 3.62. The standard InChI is InChI=1S/C14H19N3O4S/c15-22(20,21)12-3-4-13-10(8-12)5-7-17(13)14(19)16-6-1-2-11(18)9-16/h3-4,8,11,18H,1-2,5-7,9H2,(H2,15,20,21)/t11-/m0/s1. The molecular formula is C14H19N3O4S. The molecule has 0 spiro atoms. The first kappa shape index (κ1) is 15.3. The monoisotopic (exact) mass is 325 g/mol. The number of β-amino-alcohol motifs (C(OH)–C–C–N with tert-alkyl or cyclic N) is 1. The van der Waals surface area contributed by atoms with Gasteiger partial charge in [-0.25, -0.2) is 18.4 Å². The molecule has 120 valence electrons. The highest BCUT2D eigenvalue weighted by Crippen LogP contribution is 2.31. The van der Waals surface area contributed by atoms with Crippen LogP contribution in [0.1, 0.15) is 18.4 Å². The van der Waals surface area contributed by atoms with Gasteiger partial charge in [0.2, 0.25) is 10.0 Å². The molecule has 2 heterocycles. The van der Waals surface area contributed by atoms with Gasteiger partial charge in [0.25, 0.3) is 0 Å². The third-order valence-electron chi connectivity index (χ3n) is 4.17. The molecule has 7 nitrogen and oxygen atoms in total. The van der Waals surface area contributed by atoms with Gasteiger partial charge >= 0.3 is 6.03 Å². The van der Waals surface area contributed by atoms with Crippen molar-refractivity contribution >= 4 is 21.7 Å². The van der Waals surface area contributed by atoms with Crippen LogP contribution in [0.5, 0.6) is 0 Å². The van der Waals surface area contributed by atoms with Crippen LogP contribution in [0.4, 0.5) is 10.5 Å². The number of piperidine rings is 1. The van der Waals surface area contributed by atoms with Gasteiger partial charge in [0, 0.05) is 25.3 Å². The molecule has 2 aliphatic rings. The van der Waals surface area contributed by atoms with Crippen LogP contribution in [0, 0.1) is 0 Å². The Balaban J connectivity index is 1.84. The van der Waals surface area contributed by atoms with E-state index in [1.54, 1.807) is 15.9 Å². The summed E-state index contributed by atoms with van der Waals surface area (Å²) in [6.07, 6.45) is 1.64. The molecule has 8 heteroatoms. The number of carbonyl (C=O) groups excluding carboxylic acids is 1. The Hall–Kier alpha value is -1.64. The zero-order chi connectivity index (χ0) is 15.9. The topological polar surface area (TPSA) is 104 Å². The molecule has 22 heavy (non-hydrogen) atoms. The third-order valence-corrected chi connectivity index (χ3v) is 5.08. The predicted molar refractivity (Wildman–Crippen MR) is 81.1 cm³/mol. The zero-order valence-electron chi connectivity index (χ0n) is 12.1. The van der Waals surface area contributed by atoms with E-state index in [4.69, 9.17) is 5.14 Å². The van der Waals surface area contributed by atoms with Gasteiger partial charge in [-0.2, -0.15) is 0 Å². The maximum atomic E-state index is 12.6. The maximum absolute atomic E-state index is 12.6. The number of sulfonamides is 1. The number of nitrogens with two attached hydrogens (primary N) is 1. The highest BCUT2D eigenvalue weighted by atomic mass is 32.2. The molecule has 0 saturated carbocycles. The summed E-state index contributed by atoms with van der Waals surface area (Å²) >= 11 is 0. The second kappa shape index (κ2) is 5.53. The van der Waals surface area contributed by atoms with Crippen molar-refractivity contribution in [2.45, 2.75) is 30.3 Å². The molecule has 3 N–H and O–H groups in total. The van der Waals surface area contributed by atoms with E-state index in [1.807, 2.05) is 0 Å². The lowest BCUT2D eigenvalue weighted by Gasteiger charge is -2.33. The van der Waals surface area contributed by atoms with Crippen LogP contribution in [0.2, 0.25) is 0 Å². The summed E-state index contributed by atoms with van der Waals surface area (Å²) in [4.78, 5) is 15.9. The average molecular weight is 325 g/mol. The number of fused-ring (bicyclic) bond motifs is 1. The first-order valence-electron chi connectivity index (χ1n) is 7.26. The minimum absolute atomic E-state index is 0.0638. The lowest BCUT2D eigenvalue weighted by Crippen LogP contribution is -2.48. The summed E-state index contributed by atoms with van der Waals surface area (Å²) in [6, 6.07) is 4.44. The fraction of sp³-hybridized carbons (Fsp3) is 0.500. The molecule has 1 aromatic carbocycles. The van der Waals surface area contributed by atoms with E-state index < -0.39 is 16.1 Å². The Morgan fingerprint density at radius 2 is 2.09 bits per heavy atom. The highest BCUT2D eigenvalue weighted by molar-refractivity contribution is 7.89. The van der Waals surface area contributed by atoms with Crippen LogP contribution in [-0.4, -0.2) is 50.2 Å².